The molecule has 130 valence electrons. The molecule has 0 fully saturated rings. The summed E-state index contributed by atoms with van der Waals surface area (Å²) >= 11 is 1.51. The fourth-order valence-electron chi connectivity index (χ4n) is 2.84. The lowest BCUT2D eigenvalue weighted by atomic mass is 10.1. The Bertz CT molecular complexity index is 1020. The third-order valence-electron chi connectivity index (χ3n) is 4.17. The Kier molecular flexibility index (Phi) is 4.60. The molecule has 2 aromatic carbocycles. The first-order chi connectivity index (χ1) is 12.7. The van der Waals surface area contributed by atoms with Crippen LogP contribution in [0.3, 0.4) is 0 Å². The van der Waals surface area contributed by atoms with Crippen LogP contribution in [-0.4, -0.2) is 21.6 Å². The molecule has 4 rings (SSSR count). The normalized spacial score (nSPS) is 12.2. The summed E-state index contributed by atoms with van der Waals surface area (Å²) in [6.45, 7) is 0.328. The number of aliphatic hydroxyl groups is 1. The maximum Gasteiger partial charge on any atom is 0.138 e. The lowest BCUT2D eigenvalue weighted by molar-refractivity contribution is 0.191. The van der Waals surface area contributed by atoms with E-state index in [1.165, 1.54) is 29.8 Å². The molecule has 2 N–H and O–H groups in total. The van der Waals surface area contributed by atoms with E-state index in [0.29, 0.717) is 12.4 Å². The molecule has 0 spiro atoms. The number of thiophene rings is 1. The van der Waals surface area contributed by atoms with Gasteiger partial charge in [0.1, 0.15) is 22.8 Å². The first kappa shape index (κ1) is 16.6. The number of hydrogen-bond acceptors (Lipinski definition) is 5. The number of aromatic nitrogens is 2. The fourth-order valence-corrected chi connectivity index (χ4v) is 3.75. The van der Waals surface area contributed by atoms with Gasteiger partial charge in [-0.3, -0.25) is 0 Å². The van der Waals surface area contributed by atoms with Crippen LogP contribution in [0.1, 0.15) is 11.7 Å². The molecule has 0 radical (unpaired) electrons. The molecule has 4 aromatic rings. The minimum Gasteiger partial charge on any atom is -0.387 e. The SMILES string of the molecule is O[C@@H](CNc1ncnc2scc(-c3ccc(F)cc3)c12)c1ccccc1. The van der Waals surface area contributed by atoms with Gasteiger partial charge in [-0.05, 0) is 23.3 Å². The average Bonchev–Trinajstić information content (AvgIpc) is 3.12. The molecule has 6 heteroatoms. The smallest absolute Gasteiger partial charge is 0.138 e. The van der Waals surface area contributed by atoms with Gasteiger partial charge in [0.2, 0.25) is 0 Å². The maximum absolute atomic E-state index is 13.2. The largest absolute Gasteiger partial charge is 0.387 e. The highest BCUT2D eigenvalue weighted by Gasteiger charge is 2.14. The van der Waals surface area contributed by atoms with Gasteiger partial charge in [-0.1, -0.05) is 42.5 Å². The van der Waals surface area contributed by atoms with Crippen LogP contribution in [0.25, 0.3) is 21.3 Å². The molecular formula is C20H16FN3OS. The minimum atomic E-state index is -0.644. The Morgan fingerprint density at radius 2 is 1.81 bits per heavy atom. The number of hydrogen-bond donors (Lipinski definition) is 2. The highest BCUT2D eigenvalue weighted by atomic mass is 32.1. The van der Waals surface area contributed by atoms with E-state index in [-0.39, 0.29) is 5.82 Å². The summed E-state index contributed by atoms with van der Waals surface area (Å²) in [6, 6.07) is 15.8. The van der Waals surface area contributed by atoms with E-state index in [2.05, 4.69) is 15.3 Å². The number of fused-ring (bicyclic) bond motifs is 1. The molecule has 4 nitrogen and oxygen atoms in total. The van der Waals surface area contributed by atoms with E-state index < -0.39 is 6.10 Å². The van der Waals surface area contributed by atoms with Crippen molar-refractivity contribution in [2.24, 2.45) is 0 Å². The Balaban J connectivity index is 1.65. The van der Waals surface area contributed by atoms with Crippen LogP contribution in [-0.2, 0) is 0 Å². The predicted molar refractivity (Wildman–Crippen MR) is 103 cm³/mol. The number of nitrogens with one attached hydrogen (secondary N) is 1. The van der Waals surface area contributed by atoms with Crippen LogP contribution in [0.15, 0.2) is 66.3 Å². The molecule has 0 unspecified atom stereocenters. The zero-order valence-electron chi connectivity index (χ0n) is 13.8. The molecule has 2 heterocycles. The third-order valence-corrected chi connectivity index (χ3v) is 5.06. The van der Waals surface area contributed by atoms with Crippen molar-refractivity contribution in [3.05, 3.63) is 77.7 Å². The molecule has 0 amide bonds. The zero-order chi connectivity index (χ0) is 17.9. The van der Waals surface area contributed by atoms with Crippen LogP contribution in [0, 0.1) is 5.82 Å². The van der Waals surface area contributed by atoms with Gasteiger partial charge in [0.15, 0.2) is 0 Å². The van der Waals surface area contributed by atoms with Crippen molar-refractivity contribution in [2.45, 2.75) is 6.10 Å². The average molecular weight is 365 g/mol. The second-order valence-electron chi connectivity index (χ2n) is 5.87. The summed E-state index contributed by atoms with van der Waals surface area (Å²) in [7, 11) is 0. The van der Waals surface area contributed by atoms with Gasteiger partial charge >= 0.3 is 0 Å². The zero-order valence-corrected chi connectivity index (χ0v) is 14.6. The van der Waals surface area contributed by atoms with Crippen LogP contribution in [0.2, 0.25) is 0 Å². The lowest BCUT2D eigenvalue weighted by Gasteiger charge is -2.13. The summed E-state index contributed by atoms with van der Waals surface area (Å²) < 4.78 is 13.2. The second kappa shape index (κ2) is 7.19. The number of benzene rings is 2. The van der Waals surface area contributed by atoms with E-state index >= 15 is 0 Å². The van der Waals surface area contributed by atoms with E-state index in [4.69, 9.17) is 0 Å². The Morgan fingerprint density at radius 1 is 1.04 bits per heavy atom. The highest BCUT2D eigenvalue weighted by molar-refractivity contribution is 7.17. The van der Waals surface area contributed by atoms with Crippen molar-refractivity contribution in [3.63, 3.8) is 0 Å². The van der Waals surface area contributed by atoms with E-state index in [1.807, 2.05) is 35.7 Å². The number of nitrogens with zero attached hydrogens (tertiary/aromatic N) is 2. The van der Waals surface area contributed by atoms with E-state index in [9.17, 15) is 9.50 Å². The van der Waals surface area contributed by atoms with Crippen molar-refractivity contribution in [1.82, 2.24) is 9.97 Å². The number of anilines is 1. The van der Waals surface area contributed by atoms with Crippen molar-refractivity contribution in [2.75, 3.05) is 11.9 Å². The number of rotatable bonds is 5. The molecule has 26 heavy (non-hydrogen) atoms. The van der Waals surface area contributed by atoms with Crippen molar-refractivity contribution < 1.29 is 9.50 Å². The van der Waals surface area contributed by atoms with Gasteiger partial charge in [0, 0.05) is 17.5 Å². The van der Waals surface area contributed by atoms with Crippen LogP contribution in [0.5, 0.6) is 0 Å². The first-order valence-electron chi connectivity index (χ1n) is 8.17. The standard InChI is InChI=1S/C20H16FN3OS/c21-15-8-6-13(7-9-15)16-11-26-20-18(16)19(23-12-24-20)22-10-17(25)14-4-2-1-3-5-14/h1-9,11-12,17,25H,10H2,(H,22,23,24)/t17-/m0/s1. The Labute approximate surface area is 154 Å². The van der Waals surface area contributed by atoms with Gasteiger partial charge in [0.05, 0.1) is 11.5 Å². The molecule has 1 atom stereocenters. The molecule has 0 saturated carbocycles. The van der Waals surface area contributed by atoms with Crippen molar-refractivity contribution in [3.8, 4) is 11.1 Å². The third kappa shape index (κ3) is 3.29. The Morgan fingerprint density at radius 3 is 2.58 bits per heavy atom. The topological polar surface area (TPSA) is 58.0 Å². The molecule has 2 aromatic heterocycles. The highest BCUT2D eigenvalue weighted by Crippen LogP contribution is 2.36. The lowest BCUT2D eigenvalue weighted by Crippen LogP contribution is -2.13. The van der Waals surface area contributed by atoms with E-state index in [0.717, 1.165) is 26.9 Å². The van der Waals surface area contributed by atoms with E-state index in [1.54, 1.807) is 12.1 Å². The van der Waals surface area contributed by atoms with Gasteiger partial charge in [-0.15, -0.1) is 11.3 Å². The van der Waals surface area contributed by atoms with Crippen molar-refractivity contribution in [1.29, 1.82) is 0 Å². The van der Waals surface area contributed by atoms with Gasteiger partial charge in [-0.2, -0.15) is 0 Å². The number of halogens is 1. The summed E-state index contributed by atoms with van der Waals surface area (Å²) in [4.78, 5) is 9.51. The first-order valence-corrected chi connectivity index (χ1v) is 9.05. The quantitative estimate of drug-likeness (QED) is 0.541. The van der Waals surface area contributed by atoms with Crippen LogP contribution in [0.4, 0.5) is 10.2 Å². The monoisotopic (exact) mass is 365 g/mol. The summed E-state index contributed by atoms with van der Waals surface area (Å²) in [6.07, 6.45) is 0.860. The maximum atomic E-state index is 13.2. The summed E-state index contributed by atoms with van der Waals surface area (Å²) in [5.74, 6) is 0.388. The van der Waals surface area contributed by atoms with Crippen LogP contribution < -0.4 is 5.32 Å². The molecule has 0 aliphatic carbocycles. The summed E-state index contributed by atoms with van der Waals surface area (Å²) in [5, 5.41) is 16.5. The van der Waals surface area contributed by atoms with Gasteiger partial charge in [-0.25, -0.2) is 14.4 Å². The molecule has 0 aliphatic heterocycles. The minimum absolute atomic E-state index is 0.270. The van der Waals surface area contributed by atoms with Crippen LogP contribution >= 0.6 is 11.3 Å². The molecule has 0 bridgehead atoms. The van der Waals surface area contributed by atoms with Gasteiger partial charge < -0.3 is 10.4 Å². The molecule has 0 saturated heterocycles. The van der Waals surface area contributed by atoms with Gasteiger partial charge in [0.25, 0.3) is 0 Å². The fraction of sp³-hybridized carbons (Fsp3) is 0.100. The predicted octanol–water partition coefficient (Wildman–Crippen LogP) is 4.64. The Hall–Kier alpha value is -2.83. The molecule has 0 aliphatic rings. The second-order valence-corrected chi connectivity index (χ2v) is 6.72. The summed E-state index contributed by atoms with van der Waals surface area (Å²) in [5.41, 5.74) is 2.69. The van der Waals surface area contributed by atoms with Crippen molar-refractivity contribution >= 4 is 27.4 Å². The molecular weight excluding hydrogens is 349 g/mol. The number of aliphatic hydroxyl groups excluding tert-OH is 1.